The first-order valence-electron chi connectivity index (χ1n) is 4.28. The number of methoxy groups -OCH3 is 1. The molecular weight excluding hydrogens is 218 g/mol. The first kappa shape index (κ1) is 11.7. The van der Waals surface area contributed by atoms with E-state index in [1.165, 1.54) is 13.3 Å². The molecule has 0 saturated heterocycles. The number of anilines is 1. The molecule has 0 aliphatic heterocycles. The van der Waals surface area contributed by atoms with Gasteiger partial charge in [-0.25, -0.2) is 4.98 Å². The zero-order valence-electron chi connectivity index (χ0n) is 8.24. The monoisotopic (exact) mass is 229 g/mol. The van der Waals surface area contributed by atoms with Crippen molar-refractivity contribution in [2.45, 2.75) is 12.5 Å². The topological polar surface area (TPSA) is 91.2 Å². The zero-order chi connectivity index (χ0) is 11.4. The van der Waals surface area contributed by atoms with Crippen LogP contribution >= 0.6 is 11.6 Å². The first-order chi connectivity index (χ1) is 7.04. The Morgan fingerprint density at radius 3 is 3.00 bits per heavy atom. The summed E-state index contributed by atoms with van der Waals surface area (Å²) >= 11 is 5.81. The zero-order valence-corrected chi connectivity index (χ0v) is 8.99. The molecule has 1 rings (SSSR count). The lowest BCUT2D eigenvalue weighted by molar-refractivity contribution is -0.142. The highest BCUT2D eigenvalue weighted by atomic mass is 35.5. The van der Waals surface area contributed by atoms with Gasteiger partial charge < -0.3 is 16.2 Å². The largest absolute Gasteiger partial charge is 0.468 e. The van der Waals surface area contributed by atoms with Crippen LogP contribution in [0.5, 0.6) is 0 Å². The summed E-state index contributed by atoms with van der Waals surface area (Å²) in [5.41, 5.74) is 12.2. The first-order valence-corrected chi connectivity index (χ1v) is 4.65. The molecule has 0 aliphatic rings. The molecule has 0 saturated carbocycles. The van der Waals surface area contributed by atoms with Gasteiger partial charge >= 0.3 is 5.97 Å². The second-order valence-electron chi connectivity index (χ2n) is 3.05. The number of nitrogen functional groups attached to an aromatic ring is 1. The number of nitrogens with zero attached hydrogens (tertiary/aromatic N) is 1. The minimum Gasteiger partial charge on any atom is -0.468 e. The van der Waals surface area contributed by atoms with Crippen LogP contribution in [-0.4, -0.2) is 24.1 Å². The van der Waals surface area contributed by atoms with Crippen molar-refractivity contribution in [1.29, 1.82) is 0 Å². The van der Waals surface area contributed by atoms with Gasteiger partial charge in [0.15, 0.2) is 0 Å². The number of ether oxygens (including phenoxy) is 1. The third-order valence-electron chi connectivity index (χ3n) is 1.88. The summed E-state index contributed by atoms with van der Waals surface area (Å²) in [7, 11) is 1.28. The highest BCUT2D eigenvalue weighted by Gasteiger charge is 2.16. The van der Waals surface area contributed by atoms with Crippen molar-refractivity contribution in [3.63, 3.8) is 0 Å². The molecule has 1 aromatic heterocycles. The number of hydrogen-bond donors (Lipinski definition) is 2. The molecule has 15 heavy (non-hydrogen) atoms. The molecule has 6 heteroatoms. The molecule has 1 heterocycles. The predicted octanol–water partition coefficient (Wildman–Crippen LogP) is 0.360. The van der Waals surface area contributed by atoms with Gasteiger partial charge in [0.2, 0.25) is 0 Å². The molecule has 1 aromatic rings. The van der Waals surface area contributed by atoms with Gasteiger partial charge in [0.05, 0.1) is 19.0 Å². The molecule has 0 bridgehead atoms. The van der Waals surface area contributed by atoms with Gasteiger partial charge in [0, 0.05) is 6.42 Å². The van der Waals surface area contributed by atoms with E-state index in [0.29, 0.717) is 16.4 Å². The number of halogens is 1. The number of carbonyl (C=O) groups is 1. The van der Waals surface area contributed by atoms with Crippen LogP contribution in [0.2, 0.25) is 5.15 Å². The molecule has 0 fully saturated rings. The minimum absolute atomic E-state index is 0.254. The second kappa shape index (κ2) is 4.95. The predicted molar refractivity (Wildman–Crippen MR) is 57.4 cm³/mol. The van der Waals surface area contributed by atoms with Crippen molar-refractivity contribution in [2.75, 3.05) is 12.8 Å². The smallest absolute Gasteiger partial charge is 0.322 e. The van der Waals surface area contributed by atoms with E-state index in [9.17, 15) is 4.79 Å². The number of aromatic nitrogens is 1. The number of nitrogens with two attached hydrogens (primary N) is 2. The van der Waals surface area contributed by atoms with Gasteiger partial charge in [0.25, 0.3) is 0 Å². The third kappa shape index (κ3) is 3.07. The Kier molecular flexibility index (Phi) is 3.88. The van der Waals surface area contributed by atoms with Crippen molar-refractivity contribution in [3.05, 3.63) is 23.0 Å². The number of esters is 1. The van der Waals surface area contributed by atoms with Crippen LogP contribution in [0.25, 0.3) is 0 Å². The fourth-order valence-corrected chi connectivity index (χ4v) is 1.31. The maximum Gasteiger partial charge on any atom is 0.322 e. The molecule has 0 radical (unpaired) electrons. The van der Waals surface area contributed by atoms with Crippen LogP contribution in [0.1, 0.15) is 5.56 Å². The highest BCUT2D eigenvalue weighted by molar-refractivity contribution is 6.30. The summed E-state index contributed by atoms with van der Waals surface area (Å²) in [6.45, 7) is 0. The second-order valence-corrected chi connectivity index (χ2v) is 3.41. The summed E-state index contributed by atoms with van der Waals surface area (Å²) < 4.78 is 4.50. The quantitative estimate of drug-likeness (QED) is 0.577. The Labute approximate surface area is 92.4 Å². The summed E-state index contributed by atoms with van der Waals surface area (Å²) in [4.78, 5) is 14.9. The molecule has 0 aromatic carbocycles. The molecule has 0 spiro atoms. The Bertz CT molecular complexity index is 370. The molecule has 0 amide bonds. The molecular formula is C9H12ClN3O2. The van der Waals surface area contributed by atoms with Gasteiger partial charge in [-0.05, 0) is 11.6 Å². The maximum absolute atomic E-state index is 11.1. The van der Waals surface area contributed by atoms with Crippen LogP contribution in [0.3, 0.4) is 0 Å². The van der Waals surface area contributed by atoms with Crippen molar-refractivity contribution < 1.29 is 9.53 Å². The van der Waals surface area contributed by atoms with Gasteiger partial charge in [-0.1, -0.05) is 11.6 Å². The van der Waals surface area contributed by atoms with Crippen LogP contribution in [0, 0.1) is 0 Å². The summed E-state index contributed by atoms with van der Waals surface area (Å²) in [6, 6.07) is 0.883. The average molecular weight is 230 g/mol. The third-order valence-corrected chi connectivity index (χ3v) is 2.22. The van der Waals surface area contributed by atoms with Crippen LogP contribution in [0.15, 0.2) is 12.3 Å². The lowest BCUT2D eigenvalue weighted by Crippen LogP contribution is -2.33. The Morgan fingerprint density at radius 2 is 2.40 bits per heavy atom. The van der Waals surface area contributed by atoms with E-state index in [-0.39, 0.29) is 6.42 Å². The maximum atomic E-state index is 11.1. The van der Waals surface area contributed by atoms with E-state index in [2.05, 4.69) is 9.72 Å². The highest BCUT2D eigenvalue weighted by Crippen LogP contribution is 2.17. The number of carbonyl (C=O) groups excluding carboxylic acids is 1. The normalized spacial score (nSPS) is 12.2. The van der Waals surface area contributed by atoms with Crippen LogP contribution < -0.4 is 11.5 Å². The SMILES string of the molecule is COC(=O)[C@H](N)Cc1cc(N)cnc1Cl. The van der Waals surface area contributed by atoms with Crippen LogP contribution in [0.4, 0.5) is 5.69 Å². The average Bonchev–Trinajstić information content (AvgIpc) is 2.22. The van der Waals surface area contributed by atoms with E-state index < -0.39 is 12.0 Å². The van der Waals surface area contributed by atoms with Crippen molar-refractivity contribution >= 4 is 23.3 Å². The fourth-order valence-electron chi connectivity index (χ4n) is 1.13. The summed E-state index contributed by atoms with van der Waals surface area (Å²) in [6.07, 6.45) is 1.69. The van der Waals surface area contributed by atoms with E-state index in [0.717, 1.165) is 0 Å². The number of pyridine rings is 1. The van der Waals surface area contributed by atoms with Gasteiger partial charge in [-0.3, -0.25) is 4.79 Å². The fraction of sp³-hybridized carbons (Fsp3) is 0.333. The summed E-state index contributed by atoms with van der Waals surface area (Å²) in [5.74, 6) is -0.492. The van der Waals surface area contributed by atoms with Crippen molar-refractivity contribution in [3.8, 4) is 0 Å². The number of hydrogen-bond acceptors (Lipinski definition) is 5. The molecule has 5 nitrogen and oxygen atoms in total. The van der Waals surface area contributed by atoms with Gasteiger partial charge in [-0.2, -0.15) is 0 Å². The lowest BCUT2D eigenvalue weighted by Gasteiger charge is -2.10. The van der Waals surface area contributed by atoms with Crippen molar-refractivity contribution in [1.82, 2.24) is 4.98 Å². The van der Waals surface area contributed by atoms with Crippen LogP contribution in [-0.2, 0) is 16.0 Å². The molecule has 4 N–H and O–H groups in total. The Hall–Kier alpha value is -1.33. The molecule has 82 valence electrons. The Balaban J connectivity index is 2.80. The van der Waals surface area contributed by atoms with Gasteiger partial charge in [0.1, 0.15) is 11.2 Å². The van der Waals surface area contributed by atoms with E-state index in [1.54, 1.807) is 6.07 Å². The lowest BCUT2D eigenvalue weighted by atomic mass is 10.1. The molecule has 1 atom stereocenters. The van der Waals surface area contributed by atoms with E-state index >= 15 is 0 Å². The Morgan fingerprint density at radius 1 is 1.73 bits per heavy atom. The van der Waals surface area contributed by atoms with Gasteiger partial charge in [-0.15, -0.1) is 0 Å². The van der Waals surface area contributed by atoms with E-state index in [1.807, 2.05) is 0 Å². The standard InChI is InChI=1S/C9H12ClN3O2/c1-15-9(14)7(12)3-5-2-6(11)4-13-8(5)10/h2,4,7H,3,11-12H2,1H3/t7-/m1/s1. The van der Waals surface area contributed by atoms with E-state index in [4.69, 9.17) is 23.1 Å². The number of rotatable bonds is 3. The molecule has 0 aliphatic carbocycles. The van der Waals surface area contributed by atoms with Crippen molar-refractivity contribution in [2.24, 2.45) is 5.73 Å². The minimum atomic E-state index is -0.754. The summed E-state index contributed by atoms with van der Waals surface area (Å²) in [5, 5.41) is 0.295. The molecule has 0 unspecified atom stereocenters.